The van der Waals surface area contributed by atoms with E-state index in [0.29, 0.717) is 26.3 Å². The number of benzene rings is 2. The molecule has 1 atom stereocenters. The van der Waals surface area contributed by atoms with Crippen LogP contribution < -0.4 is 14.5 Å². The first-order valence-electron chi connectivity index (χ1n) is 9.93. The summed E-state index contributed by atoms with van der Waals surface area (Å²) in [4.78, 5) is 25.0. The molecular weight excluding hydrogens is 515 g/mol. The van der Waals surface area contributed by atoms with Crippen LogP contribution in [0.1, 0.15) is 32.4 Å². The van der Waals surface area contributed by atoms with E-state index >= 15 is 0 Å². The van der Waals surface area contributed by atoms with E-state index in [1.807, 2.05) is 13.8 Å². The first kappa shape index (κ1) is 26.0. The maximum absolute atomic E-state index is 13.3. The van der Waals surface area contributed by atoms with Crippen LogP contribution >= 0.6 is 22.9 Å². The van der Waals surface area contributed by atoms with Gasteiger partial charge in [-0.15, -0.1) is 0 Å². The van der Waals surface area contributed by atoms with Crippen molar-refractivity contribution in [2.45, 2.75) is 39.0 Å². The third kappa shape index (κ3) is 5.23. The van der Waals surface area contributed by atoms with Gasteiger partial charge >= 0.3 is 11.0 Å². The van der Waals surface area contributed by atoms with Crippen molar-refractivity contribution in [3.8, 4) is 0 Å². The summed E-state index contributed by atoms with van der Waals surface area (Å²) in [5.41, 5.74) is -0.579. The van der Waals surface area contributed by atoms with Gasteiger partial charge in [-0.25, -0.2) is 8.42 Å². The smallest absolute Gasteiger partial charge is 0.324 e. The van der Waals surface area contributed by atoms with Crippen molar-refractivity contribution in [1.29, 1.82) is 0 Å². The predicted octanol–water partition coefficient (Wildman–Crippen LogP) is 5.11. The Morgan fingerprint density at radius 2 is 1.79 bits per heavy atom. The zero-order chi connectivity index (χ0) is 25.6. The molecule has 7 nitrogen and oxygen atoms in total. The van der Waals surface area contributed by atoms with Gasteiger partial charge in [0.1, 0.15) is 6.04 Å². The predicted molar refractivity (Wildman–Crippen MR) is 128 cm³/mol. The topological polar surface area (TPSA) is 88.5 Å². The summed E-state index contributed by atoms with van der Waals surface area (Å²) in [7, 11) is -4.16. The average molecular weight is 536 g/mol. The van der Waals surface area contributed by atoms with E-state index in [2.05, 4.69) is 5.32 Å². The summed E-state index contributed by atoms with van der Waals surface area (Å²) < 4.78 is 67.6. The molecule has 13 heteroatoms. The number of halogens is 4. The number of fused-ring (bicyclic) bond motifs is 1. The number of thiazole rings is 1. The standard InChI is InChI=1S/C21H21ClF3N3O4S2/c1-11(2)27-17-8-5-13(9-18(17)33-20(27)30)26-19(29)12(3)28(34(4,31)32)14-6-7-16(22)15(10-14)21(23,24)25/h5-12H,1-4H3,(H,26,29). The molecular formula is C21H21ClF3N3O4S2. The van der Waals surface area contributed by atoms with Gasteiger partial charge in [-0.2, -0.15) is 13.2 Å². The van der Waals surface area contributed by atoms with Crippen LogP contribution in [-0.4, -0.2) is 31.2 Å². The number of hydrogen-bond acceptors (Lipinski definition) is 5. The number of rotatable bonds is 6. The van der Waals surface area contributed by atoms with Crippen LogP contribution in [-0.2, 0) is 21.0 Å². The lowest BCUT2D eigenvalue weighted by molar-refractivity contribution is -0.137. The second kappa shape index (κ2) is 9.23. The van der Waals surface area contributed by atoms with E-state index in [9.17, 15) is 31.2 Å². The Morgan fingerprint density at radius 1 is 1.15 bits per heavy atom. The highest BCUT2D eigenvalue weighted by Crippen LogP contribution is 2.38. The van der Waals surface area contributed by atoms with Crippen molar-refractivity contribution in [2.24, 2.45) is 0 Å². The molecule has 1 N–H and O–H groups in total. The second-order valence-corrected chi connectivity index (χ2v) is 11.2. The highest BCUT2D eigenvalue weighted by molar-refractivity contribution is 7.92. The molecule has 1 aromatic heterocycles. The minimum atomic E-state index is -4.81. The molecule has 0 aliphatic rings. The number of amides is 1. The van der Waals surface area contributed by atoms with Gasteiger partial charge < -0.3 is 5.32 Å². The quantitative estimate of drug-likeness (QED) is 0.475. The summed E-state index contributed by atoms with van der Waals surface area (Å²) in [5, 5.41) is 1.98. The Labute approximate surface area is 202 Å². The number of carbonyl (C=O) groups is 1. The molecule has 3 rings (SSSR count). The van der Waals surface area contributed by atoms with Gasteiger partial charge in [0.25, 0.3) is 0 Å². The molecule has 184 valence electrons. The van der Waals surface area contributed by atoms with E-state index in [-0.39, 0.29) is 16.6 Å². The molecule has 3 aromatic rings. The van der Waals surface area contributed by atoms with Crippen molar-refractivity contribution >= 4 is 60.5 Å². The lowest BCUT2D eigenvalue weighted by Crippen LogP contribution is -2.45. The maximum atomic E-state index is 13.3. The van der Waals surface area contributed by atoms with Gasteiger partial charge in [0.05, 0.1) is 32.7 Å². The molecule has 0 saturated heterocycles. The normalized spacial score (nSPS) is 13.3. The lowest BCUT2D eigenvalue weighted by atomic mass is 10.1. The van der Waals surface area contributed by atoms with Gasteiger partial charge in [-0.05, 0) is 57.2 Å². The maximum Gasteiger partial charge on any atom is 0.417 e. The molecule has 0 spiro atoms. The average Bonchev–Trinajstić information content (AvgIpc) is 3.02. The number of nitrogens with one attached hydrogen (secondary N) is 1. The number of hydrogen-bond donors (Lipinski definition) is 1. The zero-order valence-electron chi connectivity index (χ0n) is 18.5. The van der Waals surface area contributed by atoms with E-state index in [1.165, 1.54) is 6.92 Å². The third-order valence-corrected chi connectivity index (χ3v) is 7.49. The highest BCUT2D eigenvalue weighted by atomic mass is 35.5. The van der Waals surface area contributed by atoms with Crippen molar-refractivity contribution in [1.82, 2.24) is 4.57 Å². The van der Waals surface area contributed by atoms with Crippen LogP contribution in [0.25, 0.3) is 10.2 Å². The summed E-state index contributed by atoms with van der Waals surface area (Å²) in [6.07, 6.45) is -4.03. The van der Waals surface area contributed by atoms with Gasteiger partial charge in [-0.1, -0.05) is 22.9 Å². The van der Waals surface area contributed by atoms with Crippen molar-refractivity contribution < 1.29 is 26.4 Å². The summed E-state index contributed by atoms with van der Waals surface area (Å²) in [6.45, 7) is 4.99. The zero-order valence-corrected chi connectivity index (χ0v) is 20.9. The largest absolute Gasteiger partial charge is 0.417 e. The molecule has 0 fully saturated rings. The molecule has 0 aliphatic heterocycles. The number of sulfonamides is 1. The van der Waals surface area contributed by atoms with Crippen LogP contribution in [0.2, 0.25) is 5.02 Å². The van der Waals surface area contributed by atoms with E-state index in [4.69, 9.17) is 11.6 Å². The molecule has 34 heavy (non-hydrogen) atoms. The molecule has 0 radical (unpaired) electrons. The third-order valence-electron chi connectivity index (χ3n) is 5.00. The first-order chi connectivity index (χ1) is 15.6. The minimum absolute atomic E-state index is 0.0639. The fourth-order valence-electron chi connectivity index (χ4n) is 3.53. The van der Waals surface area contributed by atoms with Crippen LogP contribution in [0, 0.1) is 0 Å². The van der Waals surface area contributed by atoms with Crippen molar-refractivity contribution in [3.63, 3.8) is 0 Å². The molecule has 1 unspecified atom stereocenters. The van der Waals surface area contributed by atoms with E-state index in [1.54, 1.807) is 22.8 Å². The lowest BCUT2D eigenvalue weighted by Gasteiger charge is -2.29. The summed E-state index contributed by atoms with van der Waals surface area (Å²) in [5.74, 6) is -0.774. The number of aromatic nitrogens is 1. The van der Waals surface area contributed by atoms with Crippen LogP contribution in [0.15, 0.2) is 41.2 Å². The Hall–Kier alpha value is -2.57. The van der Waals surface area contributed by atoms with Gasteiger partial charge in [0, 0.05) is 11.7 Å². The molecule has 1 amide bonds. The van der Waals surface area contributed by atoms with Crippen LogP contribution in [0.4, 0.5) is 24.5 Å². The van der Waals surface area contributed by atoms with E-state index in [0.717, 1.165) is 29.7 Å². The molecule has 1 heterocycles. The number of nitrogens with zero attached hydrogens (tertiary/aromatic N) is 2. The fraction of sp³-hybridized carbons (Fsp3) is 0.333. The molecule has 0 saturated carbocycles. The van der Waals surface area contributed by atoms with E-state index < -0.39 is 38.7 Å². The summed E-state index contributed by atoms with van der Waals surface area (Å²) >= 11 is 6.64. The Morgan fingerprint density at radius 3 is 2.35 bits per heavy atom. The van der Waals surface area contributed by atoms with Gasteiger partial charge in [0.15, 0.2) is 0 Å². The van der Waals surface area contributed by atoms with Crippen LogP contribution in [0.3, 0.4) is 0 Å². The second-order valence-electron chi connectivity index (χ2n) is 7.90. The minimum Gasteiger partial charge on any atom is -0.324 e. The van der Waals surface area contributed by atoms with Crippen molar-refractivity contribution in [3.05, 3.63) is 56.7 Å². The van der Waals surface area contributed by atoms with Crippen molar-refractivity contribution in [2.75, 3.05) is 15.9 Å². The van der Waals surface area contributed by atoms with Crippen LogP contribution in [0.5, 0.6) is 0 Å². The summed E-state index contributed by atoms with van der Waals surface area (Å²) in [6, 6.07) is 5.96. The van der Waals surface area contributed by atoms with Gasteiger partial charge in [0.2, 0.25) is 15.9 Å². The molecule has 0 aliphatic carbocycles. The molecule has 0 bridgehead atoms. The first-order valence-corrected chi connectivity index (χ1v) is 13.0. The number of anilines is 2. The monoisotopic (exact) mass is 535 g/mol. The molecule has 2 aromatic carbocycles. The fourth-order valence-corrected chi connectivity index (χ4v) is 5.97. The SMILES string of the molecule is CC(C(=O)Nc1ccc2c(c1)sc(=O)n2C(C)C)N(c1ccc(Cl)c(C(F)(F)F)c1)S(C)(=O)=O. The Kier molecular flexibility index (Phi) is 7.07. The number of alkyl halides is 3. The Balaban J connectivity index is 1.95. The van der Waals surface area contributed by atoms with Gasteiger partial charge in [-0.3, -0.25) is 18.5 Å². The Bertz CT molecular complexity index is 1410. The number of carbonyl (C=O) groups excluding carboxylic acids is 1. The highest BCUT2D eigenvalue weighted by Gasteiger charge is 2.36.